The van der Waals surface area contributed by atoms with E-state index in [1.54, 1.807) is 11.3 Å². The van der Waals surface area contributed by atoms with Crippen LogP contribution in [0.5, 0.6) is 0 Å². The molecule has 2 rings (SSSR count). The van der Waals surface area contributed by atoms with E-state index in [0.717, 1.165) is 6.42 Å². The molecule has 1 heterocycles. The van der Waals surface area contributed by atoms with E-state index in [2.05, 4.69) is 59.5 Å². The molecule has 1 N–H and O–H groups in total. The number of hydrogen-bond acceptors (Lipinski definition) is 2. The molecular formula is C15H19NS. The van der Waals surface area contributed by atoms with E-state index in [1.165, 1.54) is 24.0 Å². The van der Waals surface area contributed by atoms with E-state index in [9.17, 15) is 0 Å². The first-order valence-electron chi connectivity index (χ1n) is 6.11. The van der Waals surface area contributed by atoms with Gasteiger partial charge in [0.15, 0.2) is 0 Å². The van der Waals surface area contributed by atoms with Crippen LogP contribution in [0.3, 0.4) is 0 Å². The Morgan fingerprint density at radius 3 is 2.59 bits per heavy atom. The second-order valence-corrected chi connectivity index (χ2v) is 5.13. The van der Waals surface area contributed by atoms with Crippen LogP contribution >= 0.6 is 11.3 Å². The minimum absolute atomic E-state index is 0.567. The predicted octanol–water partition coefficient (Wildman–Crippen LogP) is 3.51. The summed E-state index contributed by atoms with van der Waals surface area (Å²) in [7, 11) is 2.06. The van der Waals surface area contributed by atoms with Gasteiger partial charge in [0.05, 0.1) is 0 Å². The van der Waals surface area contributed by atoms with Gasteiger partial charge in [0.2, 0.25) is 0 Å². The molecule has 0 radical (unpaired) electrons. The van der Waals surface area contributed by atoms with Crippen LogP contribution in [0, 0.1) is 0 Å². The van der Waals surface area contributed by atoms with Crippen molar-refractivity contribution >= 4 is 11.3 Å². The van der Waals surface area contributed by atoms with Gasteiger partial charge in [0.25, 0.3) is 0 Å². The van der Waals surface area contributed by atoms with Crippen molar-refractivity contribution in [2.24, 2.45) is 0 Å². The van der Waals surface area contributed by atoms with Crippen LogP contribution < -0.4 is 5.32 Å². The number of nitrogens with one attached hydrogen (secondary N) is 1. The summed E-state index contributed by atoms with van der Waals surface area (Å²) < 4.78 is 0. The van der Waals surface area contributed by atoms with Crippen LogP contribution in [0.25, 0.3) is 0 Å². The Balaban J connectivity index is 1.85. The second-order valence-electron chi connectivity index (χ2n) is 4.35. The Hall–Kier alpha value is -1.12. The maximum Gasteiger partial charge on any atom is 0.0108 e. The summed E-state index contributed by atoms with van der Waals surface area (Å²) in [5.41, 5.74) is 2.88. The predicted molar refractivity (Wildman–Crippen MR) is 75.6 cm³/mol. The topological polar surface area (TPSA) is 12.0 Å². The summed E-state index contributed by atoms with van der Waals surface area (Å²) in [5, 5.41) is 7.82. The number of rotatable bonds is 6. The first-order chi connectivity index (χ1) is 8.38. The van der Waals surface area contributed by atoms with Crippen molar-refractivity contribution in [2.75, 3.05) is 7.05 Å². The molecule has 0 aliphatic heterocycles. The third kappa shape index (κ3) is 3.99. The number of hydrogen-bond donors (Lipinski definition) is 1. The van der Waals surface area contributed by atoms with E-state index in [4.69, 9.17) is 0 Å². The van der Waals surface area contributed by atoms with E-state index in [1.807, 2.05) is 0 Å². The van der Waals surface area contributed by atoms with Crippen LogP contribution in [0.2, 0.25) is 0 Å². The van der Waals surface area contributed by atoms with Crippen LogP contribution in [0.15, 0.2) is 47.2 Å². The minimum atomic E-state index is 0.567. The number of benzene rings is 1. The molecule has 0 saturated heterocycles. The lowest BCUT2D eigenvalue weighted by atomic mass is 10.0. The van der Waals surface area contributed by atoms with Crippen LogP contribution in [-0.2, 0) is 12.8 Å². The Kier molecular flexibility index (Phi) is 4.77. The lowest BCUT2D eigenvalue weighted by molar-refractivity contribution is 0.520. The second kappa shape index (κ2) is 6.58. The number of aryl methyl sites for hydroxylation is 1. The first-order valence-corrected chi connectivity index (χ1v) is 7.05. The van der Waals surface area contributed by atoms with E-state index in [-0.39, 0.29) is 0 Å². The zero-order chi connectivity index (χ0) is 11.9. The van der Waals surface area contributed by atoms with Gasteiger partial charge < -0.3 is 5.32 Å². The molecule has 0 aliphatic rings. The lowest BCUT2D eigenvalue weighted by Gasteiger charge is -2.15. The average molecular weight is 245 g/mol. The van der Waals surface area contributed by atoms with Crippen molar-refractivity contribution in [1.82, 2.24) is 5.32 Å². The highest BCUT2D eigenvalue weighted by Gasteiger charge is 2.07. The van der Waals surface area contributed by atoms with Gasteiger partial charge >= 0.3 is 0 Å². The van der Waals surface area contributed by atoms with Gasteiger partial charge in [-0.3, -0.25) is 0 Å². The molecular weight excluding hydrogens is 226 g/mol. The number of thiophene rings is 1. The van der Waals surface area contributed by atoms with Crippen molar-refractivity contribution in [3.8, 4) is 0 Å². The molecule has 1 nitrogen and oxygen atoms in total. The molecule has 0 spiro atoms. The van der Waals surface area contributed by atoms with E-state index < -0.39 is 0 Å². The van der Waals surface area contributed by atoms with Gasteiger partial charge in [0, 0.05) is 6.04 Å². The van der Waals surface area contributed by atoms with Crippen LogP contribution in [0.1, 0.15) is 17.5 Å². The fraction of sp³-hybridized carbons (Fsp3) is 0.333. The van der Waals surface area contributed by atoms with E-state index >= 15 is 0 Å². The molecule has 1 aromatic carbocycles. The molecule has 2 heteroatoms. The quantitative estimate of drug-likeness (QED) is 0.821. The Morgan fingerprint density at radius 2 is 1.94 bits per heavy atom. The summed E-state index contributed by atoms with van der Waals surface area (Å²) >= 11 is 1.78. The lowest BCUT2D eigenvalue weighted by Crippen LogP contribution is -2.28. The van der Waals surface area contributed by atoms with Crippen LogP contribution in [0.4, 0.5) is 0 Å². The first kappa shape index (κ1) is 12.3. The summed E-state index contributed by atoms with van der Waals surface area (Å²) in [6, 6.07) is 13.5. The molecule has 0 aliphatic carbocycles. The zero-order valence-electron chi connectivity index (χ0n) is 10.2. The summed E-state index contributed by atoms with van der Waals surface area (Å²) in [4.78, 5) is 0. The largest absolute Gasteiger partial charge is 0.317 e. The Morgan fingerprint density at radius 1 is 1.12 bits per heavy atom. The van der Waals surface area contributed by atoms with Crippen molar-refractivity contribution in [2.45, 2.75) is 25.3 Å². The maximum atomic E-state index is 3.42. The molecule has 0 fully saturated rings. The maximum absolute atomic E-state index is 3.42. The third-order valence-electron chi connectivity index (χ3n) is 3.09. The van der Waals surface area contributed by atoms with Gasteiger partial charge in [-0.15, -0.1) is 0 Å². The SMILES string of the molecule is CNC(CCc1ccsc1)Cc1ccccc1. The van der Waals surface area contributed by atoms with Gasteiger partial charge in [-0.2, -0.15) is 11.3 Å². The molecule has 0 saturated carbocycles. The fourth-order valence-electron chi connectivity index (χ4n) is 2.02. The average Bonchev–Trinajstić information content (AvgIpc) is 2.89. The highest BCUT2D eigenvalue weighted by atomic mass is 32.1. The van der Waals surface area contributed by atoms with Crippen molar-refractivity contribution in [1.29, 1.82) is 0 Å². The monoisotopic (exact) mass is 245 g/mol. The standard InChI is InChI=1S/C15H19NS/c1-16-15(8-7-14-9-10-17-12-14)11-13-5-3-2-4-6-13/h2-6,9-10,12,15-16H,7-8,11H2,1H3. The molecule has 0 bridgehead atoms. The normalized spacial score (nSPS) is 12.5. The number of likely N-dealkylation sites (N-methyl/N-ethyl adjacent to an activating group) is 1. The Bertz CT molecular complexity index is 408. The van der Waals surface area contributed by atoms with Crippen molar-refractivity contribution in [3.63, 3.8) is 0 Å². The van der Waals surface area contributed by atoms with Crippen molar-refractivity contribution in [3.05, 3.63) is 58.3 Å². The molecule has 1 unspecified atom stereocenters. The van der Waals surface area contributed by atoms with Gasteiger partial charge in [-0.1, -0.05) is 30.3 Å². The molecule has 1 atom stereocenters. The zero-order valence-corrected chi connectivity index (χ0v) is 11.0. The third-order valence-corrected chi connectivity index (χ3v) is 3.83. The molecule has 90 valence electrons. The van der Waals surface area contributed by atoms with Gasteiger partial charge in [-0.25, -0.2) is 0 Å². The molecule has 2 aromatic rings. The summed E-state index contributed by atoms with van der Waals surface area (Å²) in [6.07, 6.45) is 3.48. The molecule has 0 amide bonds. The minimum Gasteiger partial charge on any atom is -0.317 e. The molecule has 1 aromatic heterocycles. The smallest absolute Gasteiger partial charge is 0.0108 e. The van der Waals surface area contributed by atoms with Gasteiger partial charge in [-0.05, 0) is 54.3 Å². The summed E-state index contributed by atoms with van der Waals surface area (Å²) in [5.74, 6) is 0. The fourth-order valence-corrected chi connectivity index (χ4v) is 2.73. The van der Waals surface area contributed by atoms with Crippen LogP contribution in [-0.4, -0.2) is 13.1 Å². The Labute approximate surface area is 108 Å². The highest BCUT2D eigenvalue weighted by Crippen LogP contribution is 2.12. The van der Waals surface area contributed by atoms with Crippen molar-refractivity contribution < 1.29 is 0 Å². The summed E-state index contributed by atoms with van der Waals surface area (Å²) in [6.45, 7) is 0. The molecule has 17 heavy (non-hydrogen) atoms. The van der Waals surface area contributed by atoms with E-state index in [0.29, 0.717) is 6.04 Å². The van der Waals surface area contributed by atoms with Gasteiger partial charge in [0.1, 0.15) is 0 Å². The highest BCUT2D eigenvalue weighted by molar-refractivity contribution is 7.07.